The minimum atomic E-state index is -4.74. The Morgan fingerprint density at radius 1 is 0.558 bits per heavy atom. The van der Waals surface area contributed by atoms with Crippen LogP contribution in [-0.2, 0) is 20.2 Å². The van der Waals surface area contributed by atoms with Crippen LogP contribution >= 0.6 is 0 Å². The van der Waals surface area contributed by atoms with Crippen molar-refractivity contribution in [3.63, 3.8) is 0 Å². The highest BCUT2D eigenvalue weighted by Gasteiger charge is 2.32. The average Bonchev–Trinajstić information content (AvgIpc) is 3.09. The van der Waals surface area contributed by atoms with Gasteiger partial charge in [0.1, 0.15) is 22.0 Å². The summed E-state index contributed by atoms with van der Waals surface area (Å²) in [4.78, 5) is 45.7. The number of rotatable bonds is 6. The molecule has 4 amide bonds. The van der Waals surface area contributed by atoms with Crippen LogP contribution in [0.3, 0.4) is 0 Å². The first-order valence-electron chi connectivity index (χ1n) is 15.1. The largest absolute Gasteiger partial charge is 0.382 e. The molecule has 0 radical (unpaired) electrons. The molecule has 6 N–H and O–H groups in total. The van der Waals surface area contributed by atoms with Gasteiger partial charge in [0.15, 0.2) is 0 Å². The van der Waals surface area contributed by atoms with Gasteiger partial charge in [-0.1, -0.05) is 60.7 Å². The molecule has 4 aromatic rings. The molecule has 17 heteroatoms. The molecule has 0 spiro atoms. The molecule has 6 rings (SSSR count). The molecule has 4 aromatic carbocycles. The molecule has 264 valence electrons. The zero-order valence-electron chi connectivity index (χ0n) is 26.4. The number of aliphatic hydroxyl groups is 2. The molecule has 2 aliphatic carbocycles. The van der Waals surface area contributed by atoms with Crippen LogP contribution in [0.15, 0.2) is 119 Å². The molecule has 2 aliphatic rings. The lowest BCUT2D eigenvalue weighted by molar-refractivity contribution is 0.0992. The van der Waals surface area contributed by atoms with Gasteiger partial charge in [0, 0.05) is 33.6 Å². The van der Waals surface area contributed by atoms with Crippen LogP contribution < -0.4 is 10.6 Å². The van der Waals surface area contributed by atoms with E-state index in [-0.39, 0.29) is 56.2 Å². The number of anilines is 2. The highest BCUT2D eigenvalue weighted by atomic mass is 32.2. The lowest BCUT2D eigenvalue weighted by Gasteiger charge is -2.22. The maximum Gasteiger partial charge on any atom is 0.323 e. The van der Waals surface area contributed by atoms with E-state index in [4.69, 9.17) is 0 Å². The summed E-state index contributed by atoms with van der Waals surface area (Å²) in [5.74, 6) is -1.78. The summed E-state index contributed by atoms with van der Waals surface area (Å²) in [7, 11) is -9.48. The van der Waals surface area contributed by atoms with Crippen molar-refractivity contribution in [2.45, 2.75) is 12.2 Å². The van der Waals surface area contributed by atoms with Gasteiger partial charge in [-0.3, -0.25) is 18.7 Å². The van der Waals surface area contributed by atoms with Crippen molar-refractivity contribution in [3.05, 3.63) is 143 Å². The van der Waals surface area contributed by atoms with E-state index in [9.17, 15) is 50.5 Å². The maximum atomic E-state index is 13.1. The summed E-state index contributed by atoms with van der Waals surface area (Å²) in [6.45, 7) is 0. The van der Waals surface area contributed by atoms with Crippen LogP contribution in [0, 0.1) is 0 Å². The van der Waals surface area contributed by atoms with Gasteiger partial charge in [-0.05, 0) is 59.7 Å². The minimum absolute atomic E-state index is 0.0383. The number of aliphatic imine (C=N–C) groups is 2. The van der Waals surface area contributed by atoms with Crippen molar-refractivity contribution in [1.29, 1.82) is 0 Å². The first-order valence-corrected chi connectivity index (χ1v) is 18.0. The van der Waals surface area contributed by atoms with Crippen molar-refractivity contribution >= 4 is 70.7 Å². The molecular weight excluding hydrogens is 717 g/mol. The van der Waals surface area contributed by atoms with Crippen LogP contribution in [0.1, 0.15) is 55.2 Å². The maximum absolute atomic E-state index is 13.1. The molecule has 15 nitrogen and oxygen atoms in total. The second-order valence-corrected chi connectivity index (χ2v) is 14.2. The number of nitrogens with zero attached hydrogens (tertiary/aromatic N) is 2. The van der Waals surface area contributed by atoms with Crippen molar-refractivity contribution in [2.75, 3.05) is 10.6 Å². The number of hydrogen-bond donors (Lipinski definition) is 6. The fourth-order valence-corrected chi connectivity index (χ4v) is 7.02. The predicted octanol–water partition coefficient (Wildman–Crippen LogP) is 4.44. The van der Waals surface area contributed by atoms with E-state index in [1.807, 2.05) is 0 Å². The summed E-state index contributed by atoms with van der Waals surface area (Å²) >= 11 is 0. The molecule has 0 bridgehead atoms. The molecule has 52 heavy (non-hydrogen) atoms. The van der Waals surface area contributed by atoms with Crippen molar-refractivity contribution in [1.82, 2.24) is 0 Å². The fourth-order valence-electron chi connectivity index (χ4n) is 5.55. The number of benzene rings is 4. The van der Waals surface area contributed by atoms with Gasteiger partial charge in [0.2, 0.25) is 0 Å². The minimum Gasteiger partial charge on any atom is -0.382 e. The second kappa shape index (κ2) is 14.0. The second-order valence-electron chi connectivity index (χ2n) is 11.4. The Hall–Kier alpha value is -5.95. The van der Waals surface area contributed by atoms with Crippen LogP contribution in [-0.4, -0.2) is 65.4 Å². The van der Waals surface area contributed by atoms with Crippen molar-refractivity contribution in [3.8, 4) is 0 Å². The highest BCUT2D eigenvalue weighted by molar-refractivity contribution is 7.95. The first kappa shape index (κ1) is 35.9. The molecule has 0 saturated carbocycles. The van der Waals surface area contributed by atoms with E-state index >= 15 is 0 Å². The van der Waals surface area contributed by atoms with Gasteiger partial charge < -0.3 is 20.8 Å². The topological polar surface area (TPSA) is 249 Å². The highest BCUT2D eigenvalue weighted by Crippen LogP contribution is 2.35. The van der Waals surface area contributed by atoms with E-state index in [0.717, 1.165) is 12.2 Å². The molecule has 0 aromatic heterocycles. The Balaban J connectivity index is 1.17. The first-order chi connectivity index (χ1) is 24.6. The molecule has 2 unspecified atom stereocenters. The van der Waals surface area contributed by atoms with Crippen molar-refractivity contribution in [2.24, 2.45) is 9.98 Å². The number of nitrogens with one attached hydrogen (secondary N) is 2. The number of carbonyl (C=O) groups is 3. The SMILES string of the molecule is O=C(Nc1cccc(C(=O)N=C2C=C(S(=O)(=O)O)c3ccccc3C2O)c1)Nc1cccc(C(=O)N=C2C=C(S(=O)(=O)O)c3ccccc3C2O)c1. The van der Waals surface area contributed by atoms with Gasteiger partial charge in [-0.25, -0.2) is 14.8 Å². The Labute approximate surface area is 295 Å². The average molecular weight is 743 g/mol. The third-order valence-corrected chi connectivity index (χ3v) is 9.70. The lowest BCUT2D eigenvalue weighted by atomic mass is 9.93. The van der Waals surface area contributed by atoms with Crippen molar-refractivity contribution < 1.29 is 50.5 Å². The quantitative estimate of drug-likeness (QED) is 0.151. The zero-order chi connectivity index (χ0) is 37.4. The third-order valence-electron chi connectivity index (χ3n) is 7.91. The summed E-state index contributed by atoms with van der Waals surface area (Å²) in [6.07, 6.45) is -1.13. The monoisotopic (exact) mass is 742 g/mol. The Morgan fingerprint density at radius 2 is 0.942 bits per heavy atom. The Morgan fingerprint density at radius 3 is 1.33 bits per heavy atom. The summed E-state index contributed by atoms with van der Waals surface area (Å²) in [6, 6.07) is 22.1. The number of fused-ring (bicyclic) bond motifs is 2. The fraction of sp³-hybridized carbons (Fsp3) is 0.0571. The molecular formula is C35H26N4O11S2. The smallest absolute Gasteiger partial charge is 0.323 e. The lowest BCUT2D eigenvalue weighted by Crippen LogP contribution is -2.21. The number of amides is 4. The molecule has 2 atom stereocenters. The molecule has 0 heterocycles. The molecule has 0 fully saturated rings. The number of carbonyl (C=O) groups excluding carboxylic acids is 3. The van der Waals surface area contributed by atoms with Crippen LogP contribution in [0.5, 0.6) is 0 Å². The number of aliphatic hydroxyl groups excluding tert-OH is 2. The van der Waals surface area contributed by atoms with Gasteiger partial charge in [-0.15, -0.1) is 0 Å². The van der Waals surface area contributed by atoms with E-state index < -0.39 is 60.1 Å². The van der Waals surface area contributed by atoms with E-state index in [1.54, 1.807) is 12.1 Å². The number of hydrogen-bond acceptors (Lipinski definition) is 9. The third kappa shape index (κ3) is 7.54. The standard InChI is InChI=1S/C35H26N4O11S2/c40-31-25-13-3-1-11-23(25)29(51(45,46)47)17-27(31)38-33(42)19-7-5-9-21(15-19)36-35(44)37-22-10-6-8-20(16-22)34(43)39-28-18-30(52(48,49)50)24-12-2-4-14-26(24)32(28)41/h1-18,31-32,40-41H,(H2,36,37,44)(H,45,46,47)(H,48,49,50). The Bertz CT molecular complexity index is 2350. The van der Waals surface area contributed by atoms with Gasteiger partial charge in [0.05, 0.1) is 11.4 Å². The summed E-state index contributed by atoms with van der Waals surface area (Å²) < 4.78 is 67.5. The normalized spacial score (nSPS) is 18.5. The predicted molar refractivity (Wildman–Crippen MR) is 191 cm³/mol. The van der Waals surface area contributed by atoms with Gasteiger partial charge >= 0.3 is 6.03 Å². The van der Waals surface area contributed by atoms with Crippen LogP contribution in [0.2, 0.25) is 0 Å². The summed E-state index contributed by atoms with van der Waals surface area (Å²) in [5, 5.41) is 26.6. The van der Waals surface area contributed by atoms with Gasteiger partial charge in [-0.2, -0.15) is 16.8 Å². The Kier molecular flexibility index (Phi) is 9.65. The van der Waals surface area contributed by atoms with Gasteiger partial charge in [0.25, 0.3) is 32.1 Å². The zero-order valence-corrected chi connectivity index (χ0v) is 28.0. The summed E-state index contributed by atoms with van der Waals surface area (Å²) in [5.41, 5.74) is -0.0981. The van der Waals surface area contributed by atoms with E-state index in [1.165, 1.54) is 84.9 Å². The van der Waals surface area contributed by atoms with Crippen LogP contribution in [0.25, 0.3) is 9.81 Å². The molecule has 0 saturated heterocycles. The van der Waals surface area contributed by atoms with Crippen LogP contribution in [0.4, 0.5) is 16.2 Å². The van der Waals surface area contributed by atoms with E-state index in [0.29, 0.717) is 0 Å². The molecule has 0 aliphatic heterocycles. The number of urea groups is 1. The van der Waals surface area contributed by atoms with E-state index in [2.05, 4.69) is 20.6 Å².